The van der Waals surface area contributed by atoms with Crippen molar-refractivity contribution in [3.8, 4) is 0 Å². The number of aromatic amines is 1. The Balaban J connectivity index is 0.000000321. The van der Waals surface area contributed by atoms with E-state index in [9.17, 15) is 18.0 Å². The molecular weight excluding hydrogens is 371 g/mol. The van der Waals surface area contributed by atoms with E-state index >= 15 is 0 Å². The van der Waals surface area contributed by atoms with Crippen molar-refractivity contribution in [1.29, 1.82) is 0 Å². The van der Waals surface area contributed by atoms with Crippen LogP contribution >= 0.6 is 0 Å². The molecule has 0 saturated carbocycles. The molecule has 0 bridgehead atoms. The van der Waals surface area contributed by atoms with Gasteiger partial charge in [0, 0.05) is 38.9 Å². The van der Waals surface area contributed by atoms with E-state index < -0.39 is 12.1 Å². The Morgan fingerprint density at radius 3 is 2.33 bits per heavy atom. The first kappa shape index (κ1) is 20.4. The van der Waals surface area contributed by atoms with E-state index in [0.717, 1.165) is 39.3 Å². The third kappa shape index (κ3) is 6.36. The number of hydrogen-bond acceptors (Lipinski definition) is 6. The Bertz CT molecular complexity index is 711. The molecule has 0 atom stereocenters. The fourth-order valence-electron chi connectivity index (χ4n) is 2.31. The van der Waals surface area contributed by atoms with Gasteiger partial charge in [-0.05, 0) is 6.07 Å². The van der Waals surface area contributed by atoms with Gasteiger partial charge >= 0.3 is 12.1 Å². The van der Waals surface area contributed by atoms with Crippen molar-refractivity contribution in [2.45, 2.75) is 12.7 Å². The zero-order valence-electron chi connectivity index (χ0n) is 14.1. The monoisotopic (exact) mass is 389 g/mol. The Labute approximate surface area is 151 Å². The quantitative estimate of drug-likeness (QED) is 0.760. The minimum atomic E-state index is -5.08. The Morgan fingerprint density at radius 1 is 1.19 bits per heavy atom. The van der Waals surface area contributed by atoms with Crippen LogP contribution in [0.15, 0.2) is 24.9 Å². The van der Waals surface area contributed by atoms with E-state index in [4.69, 9.17) is 9.90 Å². The SMILES string of the molecule is O=C(O)C(F)(F)F.O=C(c1ccn[nH]1)N1CCN(CCn2cncn2)CC1. The first-order valence-electron chi connectivity index (χ1n) is 7.91. The van der Waals surface area contributed by atoms with Crippen LogP contribution < -0.4 is 0 Å². The number of halogens is 3. The lowest BCUT2D eigenvalue weighted by Gasteiger charge is -2.34. The van der Waals surface area contributed by atoms with E-state index in [1.165, 1.54) is 0 Å². The van der Waals surface area contributed by atoms with Crippen LogP contribution in [-0.4, -0.2) is 90.6 Å². The first-order chi connectivity index (χ1) is 12.8. The number of hydrogen-bond donors (Lipinski definition) is 2. The summed E-state index contributed by atoms with van der Waals surface area (Å²) >= 11 is 0. The van der Waals surface area contributed by atoms with Gasteiger partial charge in [0.2, 0.25) is 0 Å². The van der Waals surface area contributed by atoms with E-state index in [2.05, 4.69) is 25.2 Å². The number of amides is 1. The zero-order chi connectivity index (χ0) is 19.9. The average molecular weight is 389 g/mol. The number of aromatic nitrogens is 5. The fourth-order valence-corrected chi connectivity index (χ4v) is 2.31. The molecular formula is C14H18F3N7O3. The summed E-state index contributed by atoms with van der Waals surface area (Å²) in [7, 11) is 0. The lowest BCUT2D eigenvalue weighted by atomic mass is 10.2. The topological polar surface area (TPSA) is 120 Å². The van der Waals surface area contributed by atoms with Gasteiger partial charge in [-0.15, -0.1) is 0 Å². The predicted octanol–water partition coefficient (Wildman–Crippen LogP) is 0.0925. The van der Waals surface area contributed by atoms with Crippen molar-refractivity contribution in [2.75, 3.05) is 32.7 Å². The molecule has 1 amide bonds. The molecule has 1 aliphatic heterocycles. The lowest BCUT2D eigenvalue weighted by Crippen LogP contribution is -2.49. The number of alkyl halides is 3. The van der Waals surface area contributed by atoms with Crippen molar-refractivity contribution in [3.05, 3.63) is 30.6 Å². The molecule has 3 rings (SSSR count). The number of rotatable bonds is 4. The number of H-pyrrole nitrogens is 1. The Kier molecular flexibility index (Phi) is 6.87. The number of carbonyl (C=O) groups is 2. The van der Waals surface area contributed by atoms with Gasteiger partial charge in [0.25, 0.3) is 5.91 Å². The first-order valence-corrected chi connectivity index (χ1v) is 7.91. The van der Waals surface area contributed by atoms with Gasteiger partial charge < -0.3 is 10.0 Å². The maximum atomic E-state index is 12.1. The molecule has 0 spiro atoms. The summed E-state index contributed by atoms with van der Waals surface area (Å²) in [5.41, 5.74) is 0.557. The molecule has 2 aromatic heterocycles. The van der Waals surface area contributed by atoms with Gasteiger partial charge in [0.05, 0.1) is 6.54 Å². The largest absolute Gasteiger partial charge is 0.490 e. The van der Waals surface area contributed by atoms with Crippen LogP contribution in [0.25, 0.3) is 0 Å². The predicted molar refractivity (Wildman–Crippen MR) is 84.6 cm³/mol. The highest BCUT2D eigenvalue weighted by molar-refractivity contribution is 5.92. The summed E-state index contributed by atoms with van der Waals surface area (Å²) in [5, 5.41) is 17.7. The van der Waals surface area contributed by atoms with Crippen LogP contribution in [0.2, 0.25) is 0 Å². The lowest BCUT2D eigenvalue weighted by molar-refractivity contribution is -0.192. The molecule has 0 aliphatic carbocycles. The maximum Gasteiger partial charge on any atom is 0.490 e. The van der Waals surface area contributed by atoms with Crippen LogP contribution in [0.4, 0.5) is 13.2 Å². The average Bonchev–Trinajstić information content (AvgIpc) is 3.33. The van der Waals surface area contributed by atoms with Gasteiger partial charge in [-0.2, -0.15) is 23.4 Å². The Morgan fingerprint density at radius 2 is 1.85 bits per heavy atom. The Hall–Kier alpha value is -2.96. The molecule has 2 aromatic rings. The van der Waals surface area contributed by atoms with Crippen molar-refractivity contribution in [1.82, 2.24) is 34.8 Å². The molecule has 0 aromatic carbocycles. The molecule has 0 unspecified atom stereocenters. The van der Waals surface area contributed by atoms with Crippen molar-refractivity contribution >= 4 is 11.9 Å². The summed E-state index contributed by atoms with van der Waals surface area (Å²) in [6.45, 7) is 5.01. The third-order valence-corrected chi connectivity index (χ3v) is 3.75. The summed E-state index contributed by atoms with van der Waals surface area (Å²) in [6, 6.07) is 1.71. The molecule has 10 nitrogen and oxygen atoms in total. The van der Waals surface area contributed by atoms with E-state index in [0.29, 0.717) is 5.69 Å². The van der Waals surface area contributed by atoms with Crippen molar-refractivity contribution < 1.29 is 27.9 Å². The summed E-state index contributed by atoms with van der Waals surface area (Å²) in [5.74, 6) is -2.73. The number of nitrogens with one attached hydrogen (secondary N) is 1. The van der Waals surface area contributed by atoms with Gasteiger partial charge in [-0.1, -0.05) is 0 Å². The second-order valence-corrected chi connectivity index (χ2v) is 5.57. The highest BCUT2D eigenvalue weighted by Crippen LogP contribution is 2.13. The molecule has 27 heavy (non-hydrogen) atoms. The van der Waals surface area contributed by atoms with Gasteiger partial charge in [0.1, 0.15) is 18.3 Å². The van der Waals surface area contributed by atoms with Gasteiger partial charge in [0.15, 0.2) is 0 Å². The second kappa shape index (κ2) is 9.12. The standard InChI is InChI=1S/C12H17N7O.C2HF3O2/c20-12(11-1-2-14-16-11)18-6-3-17(4-7-18)5-8-19-10-13-9-15-19;3-2(4,5)1(6)7/h1-2,9-10H,3-8H2,(H,14,16);(H,6,7). The smallest absolute Gasteiger partial charge is 0.475 e. The van der Waals surface area contributed by atoms with Gasteiger partial charge in [-0.3, -0.25) is 19.5 Å². The second-order valence-electron chi connectivity index (χ2n) is 5.57. The number of nitrogens with zero attached hydrogens (tertiary/aromatic N) is 6. The summed E-state index contributed by atoms with van der Waals surface area (Å²) in [6.07, 6.45) is -0.222. The van der Waals surface area contributed by atoms with E-state index in [1.807, 2.05) is 9.58 Å². The molecule has 13 heteroatoms. The van der Waals surface area contributed by atoms with Crippen molar-refractivity contribution in [2.24, 2.45) is 0 Å². The number of piperazine rings is 1. The number of carbonyl (C=O) groups excluding carboxylic acids is 1. The zero-order valence-corrected chi connectivity index (χ0v) is 14.1. The molecule has 2 N–H and O–H groups in total. The van der Waals surface area contributed by atoms with E-state index in [1.54, 1.807) is 24.9 Å². The minimum absolute atomic E-state index is 0.0263. The minimum Gasteiger partial charge on any atom is -0.475 e. The number of carboxylic acid groups (broad SMARTS) is 1. The van der Waals surface area contributed by atoms with Crippen LogP contribution in [0.1, 0.15) is 10.5 Å². The number of carboxylic acids is 1. The highest BCUT2D eigenvalue weighted by Gasteiger charge is 2.38. The highest BCUT2D eigenvalue weighted by atomic mass is 19.4. The van der Waals surface area contributed by atoms with Crippen LogP contribution in [0.3, 0.4) is 0 Å². The van der Waals surface area contributed by atoms with Crippen LogP contribution in [0, 0.1) is 0 Å². The molecule has 148 valence electrons. The molecule has 1 saturated heterocycles. The molecule has 1 fully saturated rings. The summed E-state index contributed by atoms with van der Waals surface area (Å²) in [4.78, 5) is 29.1. The normalized spacial score (nSPS) is 15.1. The van der Waals surface area contributed by atoms with Crippen LogP contribution in [0.5, 0.6) is 0 Å². The van der Waals surface area contributed by atoms with Crippen LogP contribution in [-0.2, 0) is 11.3 Å². The van der Waals surface area contributed by atoms with Crippen molar-refractivity contribution in [3.63, 3.8) is 0 Å². The summed E-state index contributed by atoms with van der Waals surface area (Å²) < 4.78 is 33.6. The molecule has 0 radical (unpaired) electrons. The molecule has 3 heterocycles. The maximum absolute atomic E-state index is 12.1. The third-order valence-electron chi connectivity index (χ3n) is 3.75. The van der Waals surface area contributed by atoms with E-state index in [-0.39, 0.29) is 5.91 Å². The van der Waals surface area contributed by atoms with Gasteiger partial charge in [-0.25, -0.2) is 9.78 Å². The fraction of sp³-hybridized carbons (Fsp3) is 0.500. The molecule has 1 aliphatic rings. The number of aliphatic carboxylic acids is 1.